The van der Waals surface area contributed by atoms with E-state index in [1.54, 1.807) is 0 Å². The van der Waals surface area contributed by atoms with Crippen LogP contribution in [0.3, 0.4) is 0 Å². The van der Waals surface area contributed by atoms with Crippen molar-refractivity contribution in [2.24, 2.45) is 4.99 Å². The van der Waals surface area contributed by atoms with Gasteiger partial charge in [-0.1, -0.05) is 19.1 Å². The van der Waals surface area contributed by atoms with Gasteiger partial charge < -0.3 is 15.4 Å². The highest BCUT2D eigenvalue weighted by Gasteiger charge is 2.28. The van der Waals surface area contributed by atoms with Crippen molar-refractivity contribution in [3.63, 3.8) is 0 Å². The molecule has 140 valence electrons. The first kappa shape index (κ1) is 19.6. The number of nitrogens with zero attached hydrogens (tertiary/aromatic N) is 2. The molecule has 0 aromatic heterocycles. The Bertz CT molecular complexity index is 569. The smallest absolute Gasteiger partial charge is 0.191 e. The van der Waals surface area contributed by atoms with Crippen molar-refractivity contribution in [3.8, 4) is 5.75 Å². The molecule has 2 N–H and O–H groups in total. The van der Waals surface area contributed by atoms with E-state index in [1.807, 2.05) is 7.05 Å². The lowest BCUT2D eigenvalue weighted by Gasteiger charge is -2.25. The second kappa shape index (κ2) is 9.66. The first-order chi connectivity index (χ1) is 12.0. The molecule has 25 heavy (non-hydrogen) atoms. The van der Waals surface area contributed by atoms with Crippen LogP contribution in [-0.2, 0) is 6.54 Å². The molecule has 5 heteroatoms. The fourth-order valence-electron chi connectivity index (χ4n) is 2.78. The highest BCUT2D eigenvalue weighted by atomic mass is 16.5. The summed E-state index contributed by atoms with van der Waals surface area (Å²) in [5, 5.41) is 6.83. The molecule has 1 fully saturated rings. The maximum atomic E-state index is 5.89. The van der Waals surface area contributed by atoms with E-state index in [2.05, 4.69) is 66.5 Å². The lowest BCUT2D eigenvalue weighted by Crippen LogP contribution is -2.45. The van der Waals surface area contributed by atoms with E-state index in [1.165, 1.54) is 18.4 Å². The van der Waals surface area contributed by atoms with Gasteiger partial charge in [-0.3, -0.25) is 9.89 Å². The van der Waals surface area contributed by atoms with Crippen LogP contribution in [-0.4, -0.2) is 50.2 Å². The normalized spacial score (nSPS) is 16.0. The van der Waals surface area contributed by atoms with E-state index in [0.717, 1.165) is 42.9 Å². The number of rotatable bonds is 9. The third-order valence-corrected chi connectivity index (χ3v) is 4.74. The molecule has 1 unspecified atom stereocenters. The molecule has 0 amide bonds. The third kappa shape index (κ3) is 6.24. The van der Waals surface area contributed by atoms with Crippen molar-refractivity contribution in [2.75, 3.05) is 27.2 Å². The fourth-order valence-corrected chi connectivity index (χ4v) is 2.78. The van der Waals surface area contributed by atoms with Crippen LogP contribution in [0.25, 0.3) is 0 Å². The summed E-state index contributed by atoms with van der Waals surface area (Å²) < 4.78 is 5.89. The molecule has 0 saturated heterocycles. The van der Waals surface area contributed by atoms with E-state index >= 15 is 0 Å². The molecule has 5 nitrogen and oxygen atoms in total. The van der Waals surface area contributed by atoms with Crippen LogP contribution in [0.2, 0.25) is 0 Å². The lowest BCUT2D eigenvalue weighted by molar-refractivity contribution is 0.247. The molecule has 1 atom stereocenters. The van der Waals surface area contributed by atoms with Crippen molar-refractivity contribution in [3.05, 3.63) is 29.3 Å². The van der Waals surface area contributed by atoms with Gasteiger partial charge in [0.2, 0.25) is 0 Å². The topological polar surface area (TPSA) is 48.9 Å². The fraction of sp³-hybridized carbons (Fsp3) is 0.650. The molecular formula is C20H34N4O. The van der Waals surface area contributed by atoms with Crippen LogP contribution < -0.4 is 15.4 Å². The summed E-state index contributed by atoms with van der Waals surface area (Å²) in [6.45, 7) is 8.81. The molecule has 2 rings (SSSR count). The van der Waals surface area contributed by atoms with Crippen LogP contribution >= 0.6 is 0 Å². The summed E-state index contributed by atoms with van der Waals surface area (Å²) in [5.74, 6) is 1.80. The second-order valence-electron chi connectivity index (χ2n) is 7.01. The Morgan fingerprint density at radius 1 is 1.36 bits per heavy atom. The molecular weight excluding hydrogens is 312 g/mol. The second-order valence-corrected chi connectivity index (χ2v) is 7.01. The van der Waals surface area contributed by atoms with Gasteiger partial charge in [-0.05, 0) is 51.8 Å². The van der Waals surface area contributed by atoms with Crippen molar-refractivity contribution in [1.82, 2.24) is 15.5 Å². The number of aliphatic imine (C=N–C) groups is 1. The molecule has 0 radical (unpaired) electrons. The number of hydrogen-bond acceptors (Lipinski definition) is 3. The molecule has 0 heterocycles. The van der Waals surface area contributed by atoms with Crippen LogP contribution in [0.1, 0.15) is 44.2 Å². The zero-order valence-electron chi connectivity index (χ0n) is 16.4. The molecule has 1 aromatic carbocycles. The maximum absolute atomic E-state index is 5.89. The van der Waals surface area contributed by atoms with Crippen LogP contribution in [0.4, 0.5) is 0 Å². The summed E-state index contributed by atoms with van der Waals surface area (Å²) in [6, 6.07) is 7.63. The quantitative estimate of drug-likeness (QED) is 0.533. The largest absolute Gasteiger partial charge is 0.493 e. The van der Waals surface area contributed by atoms with E-state index in [0.29, 0.717) is 12.6 Å². The summed E-state index contributed by atoms with van der Waals surface area (Å²) >= 11 is 0. The highest BCUT2D eigenvalue weighted by molar-refractivity contribution is 5.79. The van der Waals surface area contributed by atoms with Gasteiger partial charge in [-0.15, -0.1) is 0 Å². The number of likely N-dealkylation sites (N-methyl/N-ethyl adjacent to an activating group) is 1. The zero-order chi connectivity index (χ0) is 18.2. The van der Waals surface area contributed by atoms with Gasteiger partial charge in [0, 0.05) is 37.8 Å². The Labute approximate surface area is 152 Å². The van der Waals surface area contributed by atoms with Gasteiger partial charge in [0.05, 0.1) is 6.61 Å². The van der Waals surface area contributed by atoms with E-state index in [4.69, 9.17) is 4.74 Å². The lowest BCUT2D eigenvalue weighted by atomic mass is 10.1. The molecule has 1 aliphatic rings. The average molecular weight is 347 g/mol. The summed E-state index contributed by atoms with van der Waals surface area (Å²) in [6.07, 6.45) is 3.68. The Morgan fingerprint density at radius 3 is 2.76 bits per heavy atom. The molecule has 1 saturated carbocycles. The first-order valence-electron chi connectivity index (χ1n) is 9.44. The van der Waals surface area contributed by atoms with Crippen LogP contribution in [0, 0.1) is 6.92 Å². The Balaban J connectivity index is 1.85. The number of hydrogen-bond donors (Lipinski definition) is 2. The van der Waals surface area contributed by atoms with Gasteiger partial charge in [0.1, 0.15) is 5.75 Å². The average Bonchev–Trinajstić information content (AvgIpc) is 3.45. The van der Waals surface area contributed by atoms with Crippen LogP contribution in [0.15, 0.2) is 23.2 Å². The first-order valence-corrected chi connectivity index (χ1v) is 9.44. The van der Waals surface area contributed by atoms with E-state index in [-0.39, 0.29) is 0 Å². The molecule has 0 bridgehead atoms. The van der Waals surface area contributed by atoms with Gasteiger partial charge >= 0.3 is 0 Å². The van der Waals surface area contributed by atoms with Crippen LogP contribution in [0.5, 0.6) is 5.75 Å². The monoisotopic (exact) mass is 346 g/mol. The molecule has 0 aliphatic heterocycles. The standard InChI is InChI=1S/C20H34N4O/c1-6-11-25-19-12-15(2)7-8-17(19)14-23-20(21-4)22-13-16(3)24(5)18-9-10-18/h7-8,12,16,18H,6,9-11,13-14H2,1-5H3,(H2,21,22,23). The maximum Gasteiger partial charge on any atom is 0.191 e. The summed E-state index contributed by atoms with van der Waals surface area (Å²) in [7, 11) is 4.03. The van der Waals surface area contributed by atoms with Gasteiger partial charge in [-0.25, -0.2) is 0 Å². The Morgan fingerprint density at radius 2 is 2.12 bits per heavy atom. The third-order valence-electron chi connectivity index (χ3n) is 4.74. The highest BCUT2D eigenvalue weighted by Crippen LogP contribution is 2.26. The summed E-state index contributed by atoms with van der Waals surface area (Å²) in [5.41, 5.74) is 2.37. The predicted molar refractivity (Wildman–Crippen MR) is 105 cm³/mol. The minimum atomic E-state index is 0.494. The van der Waals surface area contributed by atoms with E-state index in [9.17, 15) is 0 Å². The number of aryl methyl sites for hydroxylation is 1. The van der Waals surface area contributed by atoms with Crippen molar-refractivity contribution < 1.29 is 4.74 Å². The minimum Gasteiger partial charge on any atom is -0.493 e. The zero-order valence-corrected chi connectivity index (χ0v) is 16.4. The van der Waals surface area contributed by atoms with Crippen molar-refractivity contribution in [1.29, 1.82) is 0 Å². The van der Waals surface area contributed by atoms with Gasteiger partial charge in [0.15, 0.2) is 5.96 Å². The molecule has 0 spiro atoms. The van der Waals surface area contributed by atoms with Crippen molar-refractivity contribution in [2.45, 2.75) is 58.7 Å². The van der Waals surface area contributed by atoms with Gasteiger partial charge in [-0.2, -0.15) is 0 Å². The molecule has 1 aromatic rings. The molecule has 1 aliphatic carbocycles. The summed E-state index contributed by atoms with van der Waals surface area (Å²) in [4.78, 5) is 6.79. The predicted octanol–water partition coefficient (Wildman–Crippen LogP) is 2.93. The SMILES string of the molecule is CCCOc1cc(C)ccc1CNC(=NC)NCC(C)N(C)C1CC1. The number of benzene rings is 1. The Hall–Kier alpha value is -1.75. The number of nitrogens with one attached hydrogen (secondary N) is 2. The van der Waals surface area contributed by atoms with E-state index < -0.39 is 0 Å². The Kier molecular flexibility index (Phi) is 7.56. The number of ether oxygens (including phenoxy) is 1. The number of guanidine groups is 1. The minimum absolute atomic E-state index is 0.494. The van der Waals surface area contributed by atoms with Crippen molar-refractivity contribution >= 4 is 5.96 Å². The van der Waals surface area contributed by atoms with Gasteiger partial charge in [0.25, 0.3) is 0 Å².